The quantitative estimate of drug-likeness (QED) is 0.710. The van der Waals surface area contributed by atoms with Crippen LogP contribution < -0.4 is 5.32 Å². The third-order valence-corrected chi connectivity index (χ3v) is 6.04. The zero-order chi connectivity index (χ0) is 18.6. The highest BCUT2D eigenvalue weighted by atomic mass is 32.1. The SMILES string of the molecule is Cc1ccc2nc(-c3cccs3)cc(C(=O)NCCN3CCCCC3)c2c1. The maximum Gasteiger partial charge on any atom is 0.252 e. The van der Waals surface area contributed by atoms with Gasteiger partial charge in [0.2, 0.25) is 0 Å². The first-order chi connectivity index (χ1) is 13.2. The number of aromatic nitrogens is 1. The van der Waals surface area contributed by atoms with Crippen LogP contribution in [0.5, 0.6) is 0 Å². The van der Waals surface area contributed by atoms with Crippen LogP contribution >= 0.6 is 11.3 Å². The smallest absolute Gasteiger partial charge is 0.252 e. The number of fused-ring (bicyclic) bond motifs is 1. The van der Waals surface area contributed by atoms with Crippen LogP contribution in [-0.4, -0.2) is 42.0 Å². The largest absolute Gasteiger partial charge is 0.351 e. The molecule has 0 unspecified atom stereocenters. The van der Waals surface area contributed by atoms with Crippen LogP contribution in [0, 0.1) is 6.92 Å². The lowest BCUT2D eigenvalue weighted by Gasteiger charge is -2.26. The highest BCUT2D eigenvalue weighted by Gasteiger charge is 2.15. The van der Waals surface area contributed by atoms with Gasteiger partial charge in [-0.3, -0.25) is 4.79 Å². The first-order valence-electron chi connectivity index (χ1n) is 9.66. The fourth-order valence-corrected chi connectivity index (χ4v) is 4.37. The molecule has 3 aromatic rings. The monoisotopic (exact) mass is 379 g/mol. The minimum Gasteiger partial charge on any atom is -0.351 e. The minimum atomic E-state index is -0.0113. The summed E-state index contributed by atoms with van der Waals surface area (Å²) in [5, 5.41) is 6.08. The molecule has 1 saturated heterocycles. The molecule has 0 aliphatic carbocycles. The van der Waals surface area contributed by atoms with Crippen molar-refractivity contribution in [3.63, 3.8) is 0 Å². The van der Waals surface area contributed by atoms with E-state index in [1.165, 1.54) is 19.3 Å². The molecule has 1 N–H and O–H groups in total. The minimum absolute atomic E-state index is 0.0113. The number of carbonyl (C=O) groups excluding carboxylic acids is 1. The number of thiophene rings is 1. The van der Waals surface area contributed by atoms with Gasteiger partial charge < -0.3 is 10.2 Å². The summed E-state index contributed by atoms with van der Waals surface area (Å²) in [6.07, 6.45) is 3.87. The van der Waals surface area contributed by atoms with E-state index in [0.29, 0.717) is 12.1 Å². The molecule has 1 aromatic carbocycles. The van der Waals surface area contributed by atoms with Crippen molar-refractivity contribution < 1.29 is 4.79 Å². The van der Waals surface area contributed by atoms with E-state index in [1.54, 1.807) is 11.3 Å². The number of carbonyl (C=O) groups is 1. The number of piperidine rings is 1. The van der Waals surface area contributed by atoms with Crippen molar-refractivity contribution in [2.45, 2.75) is 26.2 Å². The van der Waals surface area contributed by atoms with Crippen LogP contribution in [-0.2, 0) is 0 Å². The second-order valence-electron chi connectivity index (χ2n) is 7.21. The summed E-state index contributed by atoms with van der Waals surface area (Å²) >= 11 is 1.64. The van der Waals surface area contributed by atoms with Crippen molar-refractivity contribution in [3.05, 3.63) is 52.9 Å². The number of nitrogens with one attached hydrogen (secondary N) is 1. The van der Waals surface area contributed by atoms with Crippen molar-refractivity contribution in [1.82, 2.24) is 15.2 Å². The number of amides is 1. The number of likely N-dealkylation sites (tertiary alicyclic amines) is 1. The summed E-state index contributed by atoms with van der Waals surface area (Å²) in [4.78, 5) is 21.3. The Morgan fingerprint density at radius 1 is 1.19 bits per heavy atom. The number of nitrogens with zero attached hydrogens (tertiary/aromatic N) is 2. The molecule has 4 rings (SSSR count). The lowest BCUT2D eigenvalue weighted by molar-refractivity contribution is 0.0948. The number of rotatable bonds is 5. The maximum absolute atomic E-state index is 13.0. The zero-order valence-electron chi connectivity index (χ0n) is 15.7. The highest BCUT2D eigenvalue weighted by Crippen LogP contribution is 2.28. The van der Waals surface area contributed by atoms with E-state index in [9.17, 15) is 4.79 Å². The lowest BCUT2D eigenvalue weighted by Crippen LogP contribution is -2.37. The predicted molar refractivity (Wildman–Crippen MR) is 112 cm³/mol. The first kappa shape index (κ1) is 18.1. The number of benzene rings is 1. The molecule has 140 valence electrons. The number of pyridine rings is 1. The van der Waals surface area contributed by atoms with Gasteiger partial charge in [0.05, 0.1) is 21.7 Å². The summed E-state index contributed by atoms with van der Waals surface area (Å²) in [7, 11) is 0. The van der Waals surface area contributed by atoms with E-state index in [2.05, 4.69) is 16.3 Å². The highest BCUT2D eigenvalue weighted by molar-refractivity contribution is 7.13. The molecule has 0 saturated carbocycles. The Balaban J connectivity index is 1.58. The Labute approximate surface area is 164 Å². The van der Waals surface area contributed by atoms with Crippen molar-refractivity contribution in [2.75, 3.05) is 26.2 Å². The molecular formula is C22H25N3OS. The number of hydrogen-bond donors (Lipinski definition) is 1. The molecule has 0 atom stereocenters. The molecule has 1 amide bonds. The van der Waals surface area contributed by atoms with Gasteiger partial charge in [0.25, 0.3) is 5.91 Å². The number of aryl methyl sites for hydroxylation is 1. The Kier molecular flexibility index (Phi) is 5.50. The standard InChI is InChI=1S/C22H25N3OS/c1-16-7-8-19-17(14-16)18(15-20(24-19)21-6-5-13-27-21)22(26)23-9-12-25-10-3-2-4-11-25/h5-8,13-15H,2-4,9-12H2,1H3,(H,23,26). The molecule has 0 bridgehead atoms. The van der Waals surface area contributed by atoms with Crippen LogP contribution in [0.3, 0.4) is 0 Å². The zero-order valence-corrected chi connectivity index (χ0v) is 16.5. The molecule has 2 aromatic heterocycles. The molecule has 27 heavy (non-hydrogen) atoms. The van der Waals surface area contributed by atoms with Gasteiger partial charge in [-0.15, -0.1) is 11.3 Å². The van der Waals surface area contributed by atoms with Crippen molar-refractivity contribution in [2.24, 2.45) is 0 Å². The van der Waals surface area contributed by atoms with E-state index in [4.69, 9.17) is 4.98 Å². The lowest BCUT2D eigenvalue weighted by atomic mass is 10.0. The van der Waals surface area contributed by atoms with Crippen LogP contribution in [0.1, 0.15) is 35.2 Å². The van der Waals surface area contributed by atoms with E-state index < -0.39 is 0 Å². The molecule has 1 fully saturated rings. The third-order valence-electron chi connectivity index (χ3n) is 5.14. The second-order valence-corrected chi connectivity index (χ2v) is 8.16. The summed E-state index contributed by atoms with van der Waals surface area (Å²) in [5.74, 6) is -0.0113. The van der Waals surface area contributed by atoms with Gasteiger partial charge in [0.1, 0.15) is 0 Å². The summed E-state index contributed by atoms with van der Waals surface area (Å²) in [5.41, 5.74) is 3.58. The molecule has 3 heterocycles. The third kappa shape index (κ3) is 4.20. The van der Waals surface area contributed by atoms with Crippen LogP contribution in [0.2, 0.25) is 0 Å². The molecule has 0 spiro atoms. The van der Waals surface area contributed by atoms with Crippen LogP contribution in [0.25, 0.3) is 21.5 Å². The van der Waals surface area contributed by atoms with Gasteiger partial charge in [-0.05, 0) is 62.5 Å². The van der Waals surface area contributed by atoms with Gasteiger partial charge in [-0.1, -0.05) is 24.1 Å². The van der Waals surface area contributed by atoms with Crippen LogP contribution in [0.15, 0.2) is 41.8 Å². The topological polar surface area (TPSA) is 45.2 Å². The van der Waals surface area contributed by atoms with Crippen LogP contribution in [0.4, 0.5) is 0 Å². The molecule has 4 nitrogen and oxygen atoms in total. The maximum atomic E-state index is 13.0. The fraction of sp³-hybridized carbons (Fsp3) is 0.364. The second kappa shape index (κ2) is 8.19. The van der Waals surface area contributed by atoms with Gasteiger partial charge in [0.15, 0.2) is 0 Å². The van der Waals surface area contributed by atoms with Gasteiger partial charge in [-0.25, -0.2) is 4.98 Å². The summed E-state index contributed by atoms with van der Waals surface area (Å²) in [6.45, 7) is 5.95. The van der Waals surface area contributed by atoms with Crippen molar-refractivity contribution in [1.29, 1.82) is 0 Å². The molecule has 1 aliphatic heterocycles. The number of hydrogen-bond acceptors (Lipinski definition) is 4. The Morgan fingerprint density at radius 2 is 2.04 bits per heavy atom. The van der Waals surface area contributed by atoms with Gasteiger partial charge in [0, 0.05) is 18.5 Å². The molecule has 1 aliphatic rings. The van der Waals surface area contributed by atoms with Crippen molar-refractivity contribution in [3.8, 4) is 10.6 Å². The van der Waals surface area contributed by atoms with Crippen molar-refractivity contribution >= 4 is 28.1 Å². The Hall–Kier alpha value is -2.24. The Morgan fingerprint density at radius 3 is 2.81 bits per heavy atom. The summed E-state index contributed by atoms with van der Waals surface area (Å²) < 4.78 is 0. The van der Waals surface area contributed by atoms with E-state index >= 15 is 0 Å². The average molecular weight is 380 g/mol. The molecular weight excluding hydrogens is 354 g/mol. The molecule has 0 radical (unpaired) electrons. The molecule has 5 heteroatoms. The van der Waals surface area contributed by atoms with E-state index in [1.807, 2.05) is 42.6 Å². The van der Waals surface area contributed by atoms with E-state index in [-0.39, 0.29) is 5.91 Å². The summed E-state index contributed by atoms with van der Waals surface area (Å²) in [6, 6.07) is 12.1. The average Bonchev–Trinajstić information content (AvgIpc) is 3.23. The Bertz CT molecular complexity index is 930. The first-order valence-corrected chi connectivity index (χ1v) is 10.5. The fourth-order valence-electron chi connectivity index (χ4n) is 3.68. The predicted octanol–water partition coefficient (Wildman–Crippen LogP) is 4.49. The van der Waals surface area contributed by atoms with Gasteiger partial charge >= 0.3 is 0 Å². The van der Waals surface area contributed by atoms with E-state index in [0.717, 1.165) is 46.7 Å². The van der Waals surface area contributed by atoms with Gasteiger partial charge in [-0.2, -0.15) is 0 Å². The normalized spacial score (nSPS) is 15.1.